The van der Waals surface area contributed by atoms with E-state index in [0.29, 0.717) is 50.8 Å². The Morgan fingerprint density at radius 2 is 1.90 bits per heavy atom. The summed E-state index contributed by atoms with van der Waals surface area (Å²) in [6, 6.07) is 16.6. The van der Waals surface area contributed by atoms with Crippen LogP contribution in [0.3, 0.4) is 0 Å². The molecule has 214 valence electrons. The van der Waals surface area contributed by atoms with E-state index in [0.717, 1.165) is 20.8 Å². The van der Waals surface area contributed by atoms with Gasteiger partial charge >= 0.3 is 0 Å². The molecule has 0 saturated carbocycles. The summed E-state index contributed by atoms with van der Waals surface area (Å²) < 4.78 is 14.5. The first-order chi connectivity index (χ1) is 20.3. The summed E-state index contributed by atoms with van der Waals surface area (Å²) in [4.78, 5) is 35.5. The monoisotopic (exact) mass is 643 g/mol. The molecule has 4 aromatic rings. The molecular weight excluding hydrogens is 614 g/mol. The number of thiazole rings is 1. The van der Waals surface area contributed by atoms with Crippen LogP contribution in [0.15, 0.2) is 80.1 Å². The van der Waals surface area contributed by atoms with Gasteiger partial charge in [-0.05, 0) is 61.9 Å². The molecule has 0 aliphatic carbocycles. The lowest BCUT2D eigenvalue weighted by molar-refractivity contribution is -0.127. The fraction of sp³-hybridized carbons (Fsp3) is 0.242. The molecule has 0 N–H and O–H groups in total. The van der Waals surface area contributed by atoms with Crippen molar-refractivity contribution < 1.29 is 14.3 Å². The number of hydrogen-bond donors (Lipinski definition) is 0. The summed E-state index contributed by atoms with van der Waals surface area (Å²) in [5, 5.41) is 1.87. The zero-order valence-electron chi connectivity index (χ0n) is 23.8. The number of halogens is 1. The van der Waals surface area contributed by atoms with Gasteiger partial charge in [0.25, 0.3) is 11.5 Å². The van der Waals surface area contributed by atoms with Crippen molar-refractivity contribution in [2.45, 2.75) is 26.8 Å². The third-order valence-corrected chi connectivity index (χ3v) is 8.77. The molecule has 5 rings (SSSR count). The minimum atomic E-state index is -0.753. The largest absolute Gasteiger partial charge is 0.496 e. The maximum Gasteiger partial charge on any atom is 0.271 e. The van der Waals surface area contributed by atoms with Crippen molar-refractivity contribution in [1.82, 2.24) is 9.47 Å². The van der Waals surface area contributed by atoms with Gasteiger partial charge < -0.3 is 14.4 Å². The van der Waals surface area contributed by atoms with Gasteiger partial charge in [-0.25, -0.2) is 4.99 Å². The Morgan fingerprint density at radius 3 is 2.62 bits per heavy atom. The number of ether oxygens (including phenoxy) is 2. The number of terminal acetylenes is 1. The first-order valence-electron chi connectivity index (χ1n) is 13.6. The molecule has 9 heteroatoms. The topological polar surface area (TPSA) is 73.1 Å². The van der Waals surface area contributed by atoms with Gasteiger partial charge in [0.15, 0.2) is 4.80 Å². The Morgan fingerprint density at radius 1 is 1.17 bits per heavy atom. The molecule has 2 heterocycles. The van der Waals surface area contributed by atoms with Gasteiger partial charge in [-0.15, -0.1) is 6.42 Å². The summed E-state index contributed by atoms with van der Waals surface area (Å²) in [7, 11) is 1.60. The summed E-state index contributed by atoms with van der Waals surface area (Å²) in [5.74, 6) is 3.47. The zero-order valence-corrected chi connectivity index (χ0v) is 26.2. The summed E-state index contributed by atoms with van der Waals surface area (Å²) in [6.45, 7) is 6.87. The molecule has 0 saturated heterocycles. The quantitative estimate of drug-likeness (QED) is 0.252. The lowest BCUT2D eigenvalue weighted by Gasteiger charge is -2.30. The molecule has 1 aromatic heterocycles. The van der Waals surface area contributed by atoms with E-state index in [2.05, 4.69) is 21.9 Å². The number of methoxy groups -OCH3 is 1. The number of amides is 1. The van der Waals surface area contributed by atoms with Crippen molar-refractivity contribution in [2.75, 3.05) is 26.8 Å². The van der Waals surface area contributed by atoms with E-state index in [-0.39, 0.29) is 18.1 Å². The number of nitrogens with zero attached hydrogens (tertiary/aromatic N) is 3. The lowest BCUT2D eigenvalue weighted by Crippen LogP contribution is -2.43. The highest BCUT2D eigenvalue weighted by Gasteiger charge is 2.36. The molecule has 3 aromatic carbocycles. The van der Waals surface area contributed by atoms with E-state index >= 15 is 0 Å². The smallest absolute Gasteiger partial charge is 0.271 e. The molecule has 7 nitrogen and oxygen atoms in total. The van der Waals surface area contributed by atoms with Crippen molar-refractivity contribution in [3.8, 4) is 23.8 Å². The van der Waals surface area contributed by atoms with Gasteiger partial charge in [-0.2, -0.15) is 0 Å². The number of rotatable bonds is 8. The van der Waals surface area contributed by atoms with Crippen molar-refractivity contribution in [1.29, 1.82) is 0 Å². The van der Waals surface area contributed by atoms with Crippen LogP contribution in [0.25, 0.3) is 16.8 Å². The maximum absolute atomic E-state index is 14.3. The van der Waals surface area contributed by atoms with Gasteiger partial charge in [0, 0.05) is 28.7 Å². The van der Waals surface area contributed by atoms with E-state index in [4.69, 9.17) is 20.9 Å². The molecule has 1 amide bonds. The number of fused-ring (bicyclic) bond motifs is 2. The van der Waals surface area contributed by atoms with Crippen LogP contribution in [0, 0.1) is 12.3 Å². The minimum Gasteiger partial charge on any atom is -0.496 e. The maximum atomic E-state index is 14.3. The van der Waals surface area contributed by atoms with Crippen LogP contribution in [-0.4, -0.2) is 42.2 Å². The first-order valence-corrected chi connectivity index (χ1v) is 15.2. The second-order valence-electron chi connectivity index (χ2n) is 9.64. The van der Waals surface area contributed by atoms with Gasteiger partial charge in [-0.1, -0.05) is 63.5 Å². The number of carbonyl (C=O) groups excluding carboxylic acids is 1. The van der Waals surface area contributed by atoms with Crippen LogP contribution in [0.4, 0.5) is 0 Å². The fourth-order valence-electron chi connectivity index (χ4n) is 5.31. The Balaban J connectivity index is 1.84. The van der Waals surface area contributed by atoms with Crippen LogP contribution < -0.4 is 24.4 Å². The van der Waals surface area contributed by atoms with Crippen LogP contribution in [0.2, 0.25) is 0 Å². The SMILES string of the molecule is C#CCOc1ccc(Br)cc1/C=c1/sc2n(c1=O)[C@@H](c1c(OC)ccc3ccccc13)C(C(=O)N(CC)CC)=C(C)N=2. The third kappa shape index (κ3) is 5.28. The Labute approximate surface area is 256 Å². The average Bonchev–Trinajstić information content (AvgIpc) is 3.29. The molecule has 0 bridgehead atoms. The van der Waals surface area contributed by atoms with Gasteiger partial charge in [0.05, 0.1) is 22.9 Å². The number of hydrogen-bond acceptors (Lipinski definition) is 6. The first kappa shape index (κ1) is 29.4. The number of allylic oxidation sites excluding steroid dienone is 1. The molecule has 0 radical (unpaired) electrons. The predicted octanol–water partition coefficient (Wildman–Crippen LogP) is 5.04. The molecule has 42 heavy (non-hydrogen) atoms. The van der Waals surface area contributed by atoms with Crippen LogP contribution in [0.1, 0.15) is 37.9 Å². The van der Waals surface area contributed by atoms with Gasteiger partial charge in [0.1, 0.15) is 24.1 Å². The van der Waals surface area contributed by atoms with Crippen molar-refractivity contribution in [2.24, 2.45) is 4.99 Å². The van der Waals surface area contributed by atoms with Crippen LogP contribution in [-0.2, 0) is 4.79 Å². The molecule has 0 spiro atoms. The van der Waals surface area contributed by atoms with Crippen molar-refractivity contribution in [3.05, 3.63) is 101 Å². The van der Waals surface area contributed by atoms with Crippen LogP contribution >= 0.6 is 27.3 Å². The molecule has 1 atom stereocenters. The highest BCUT2D eigenvalue weighted by atomic mass is 79.9. The summed E-state index contributed by atoms with van der Waals surface area (Å²) in [6.07, 6.45) is 7.20. The predicted molar refractivity (Wildman–Crippen MR) is 171 cm³/mol. The van der Waals surface area contributed by atoms with E-state index < -0.39 is 6.04 Å². The van der Waals surface area contributed by atoms with Crippen molar-refractivity contribution >= 4 is 50.0 Å². The summed E-state index contributed by atoms with van der Waals surface area (Å²) in [5.41, 5.74) is 2.19. The van der Waals surface area contributed by atoms with Gasteiger partial charge in [0.2, 0.25) is 0 Å². The third-order valence-electron chi connectivity index (χ3n) is 7.30. The Bertz CT molecular complexity index is 1950. The highest BCUT2D eigenvalue weighted by molar-refractivity contribution is 9.10. The fourth-order valence-corrected chi connectivity index (χ4v) is 6.73. The van der Waals surface area contributed by atoms with E-state index in [1.807, 2.05) is 69.3 Å². The number of likely N-dealkylation sites (N-methyl/N-ethyl adjacent to an activating group) is 1. The van der Waals surface area contributed by atoms with Crippen molar-refractivity contribution in [3.63, 3.8) is 0 Å². The Kier molecular flexibility index (Phi) is 8.66. The second kappa shape index (κ2) is 12.4. The van der Waals surface area contributed by atoms with E-state index in [1.54, 1.807) is 28.7 Å². The molecule has 1 aliphatic heterocycles. The molecule has 1 aliphatic rings. The minimum absolute atomic E-state index is 0.0978. The Hall–Kier alpha value is -4.13. The zero-order chi connectivity index (χ0) is 30.0. The van der Waals surface area contributed by atoms with E-state index in [9.17, 15) is 9.59 Å². The molecular formula is C33H30BrN3O4S. The highest BCUT2D eigenvalue weighted by Crippen LogP contribution is 2.40. The summed E-state index contributed by atoms with van der Waals surface area (Å²) >= 11 is 4.78. The number of aromatic nitrogens is 1. The normalized spacial score (nSPS) is 14.8. The second-order valence-corrected chi connectivity index (χ2v) is 11.6. The number of benzene rings is 3. The average molecular weight is 645 g/mol. The standard InChI is InChI=1S/C33H30BrN3O4S/c1-6-17-41-25-16-14-23(34)18-22(25)19-27-31(38)37-30(29-24-12-10-9-11-21(24)13-15-26(29)40-5)28(20(4)35-33(37)42-27)32(39)36(7-2)8-3/h1,9-16,18-19,30H,7-8,17H2,2-5H3/b27-19+/t30-/m1/s1. The molecule has 0 fully saturated rings. The van der Waals surface area contributed by atoms with E-state index in [1.165, 1.54) is 11.3 Å². The van der Waals surface area contributed by atoms with Crippen LogP contribution in [0.5, 0.6) is 11.5 Å². The lowest BCUT2D eigenvalue weighted by atomic mass is 9.90. The van der Waals surface area contributed by atoms with Gasteiger partial charge in [-0.3, -0.25) is 14.2 Å². The molecule has 0 unspecified atom stereocenters. The number of carbonyl (C=O) groups is 1.